The summed E-state index contributed by atoms with van der Waals surface area (Å²) in [4.78, 5) is 0. The van der Waals surface area contributed by atoms with Gasteiger partial charge in [-0.2, -0.15) is 0 Å². The van der Waals surface area contributed by atoms with E-state index in [-0.39, 0.29) is 0 Å². The van der Waals surface area contributed by atoms with Crippen LogP contribution >= 0.6 is 0 Å². The third-order valence-electron chi connectivity index (χ3n) is 2.30. The summed E-state index contributed by atoms with van der Waals surface area (Å²) in [7, 11) is 1.68. The SMILES string of the molecule is COc1cccc(C)c1.Cc1ccc(N)cc1. The molecule has 0 spiro atoms. The summed E-state index contributed by atoms with van der Waals surface area (Å²) < 4.78 is 5.00. The fourth-order valence-corrected chi connectivity index (χ4v) is 1.31. The molecule has 0 fully saturated rings. The smallest absolute Gasteiger partial charge is 0.119 e. The monoisotopic (exact) mass is 229 g/mol. The zero-order valence-corrected chi connectivity index (χ0v) is 10.6. The molecule has 0 amide bonds. The molecule has 0 unspecified atom stereocenters. The molecule has 2 rings (SSSR count). The van der Waals surface area contributed by atoms with Crippen LogP contribution in [0.3, 0.4) is 0 Å². The highest BCUT2D eigenvalue weighted by atomic mass is 16.5. The number of hydrogen-bond acceptors (Lipinski definition) is 2. The Hall–Kier alpha value is -1.96. The fourth-order valence-electron chi connectivity index (χ4n) is 1.31. The zero-order valence-electron chi connectivity index (χ0n) is 10.6. The van der Waals surface area contributed by atoms with Crippen molar-refractivity contribution < 1.29 is 4.74 Å². The van der Waals surface area contributed by atoms with Crippen LogP contribution < -0.4 is 10.5 Å². The second kappa shape index (κ2) is 6.59. The van der Waals surface area contributed by atoms with Crippen molar-refractivity contribution in [1.82, 2.24) is 0 Å². The molecule has 2 N–H and O–H groups in total. The van der Waals surface area contributed by atoms with Crippen LogP contribution in [0, 0.1) is 13.8 Å². The maximum Gasteiger partial charge on any atom is 0.119 e. The van der Waals surface area contributed by atoms with Gasteiger partial charge in [-0.15, -0.1) is 0 Å². The van der Waals surface area contributed by atoms with E-state index in [9.17, 15) is 0 Å². The van der Waals surface area contributed by atoms with Crippen molar-refractivity contribution in [2.75, 3.05) is 12.8 Å². The Morgan fingerprint density at radius 2 is 1.53 bits per heavy atom. The minimum Gasteiger partial charge on any atom is -0.497 e. The predicted molar refractivity (Wildman–Crippen MR) is 73.3 cm³/mol. The lowest BCUT2D eigenvalue weighted by Crippen LogP contribution is -1.81. The molecule has 2 nitrogen and oxygen atoms in total. The van der Waals surface area contributed by atoms with Gasteiger partial charge in [0, 0.05) is 5.69 Å². The molecule has 0 aliphatic rings. The van der Waals surface area contributed by atoms with Crippen molar-refractivity contribution >= 4 is 5.69 Å². The highest BCUT2D eigenvalue weighted by Gasteiger charge is 1.86. The summed E-state index contributed by atoms with van der Waals surface area (Å²) in [5.74, 6) is 0.926. The molecule has 90 valence electrons. The van der Waals surface area contributed by atoms with Crippen LogP contribution in [-0.4, -0.2) is 7.11 Å². The van der Waals surface area contributed by atoms with Crippen molar-refractivity contribution in [2.24, 2.45) is 0 Å². The summed E-state index contributed by atoms with van der Waals surface area (Å²) in [6.07, 6.45) is 0. The molecule has 17 heavy (non-hydrogen) atoms. The molecule has 0 atom stereocenters. The Labute approximate surface area is 103 Å². The first-order valence-corrected chi connectivity index (χ1v) is 5.54. The molecule has 2 heteroatoms. The molecule has 0 aliphatic carbocycles. The number of benzene rings is 2. The second-order valence-electron chi connectivity index (χ2n) is 3.93. The Kier molecular flexibility index (Phi) is 5.08. The minimum atomic E-state index is 0.829. The number of nitrogen functional groups attached to an aromatic ring is 1. The zero-order chi connectivity index (χ0) is 12.7. The average Bonchev–Trinajstić information content (AvgIpc) is 2.34. The second-order valence-corrected chi connectivity index (χ2v) is 3.93. The molecule has 0 aromatic heterocycles. The minimum absolute atomic E-state index is 0.829. The van der Waals surface area contributed by atoms with Crippen LogP contribution in [0.2, 0.25) is 0 Å². The van der Waals surface area contributed by atoms with E-state index in [0.29, 0.717) is 0 Å². The number of aryl methyl sites for hydroxylation is 2. The van der Waals surface area contributed by atoms with Crippen LogP contribution in [-0.2, 0) is 0 Å². The molecule has 0 radical (unpaired) electrons. The van der Waals surface area contributed by atoms with Crippen LogP contribution in [0.4, 0.5) is 5.69 Å². The lowest BCUT2D eigenvalue weighted by molar-refractivity contribution is 0.414. The van der Waals surface area contributed by atoms with Gasteiger partial charge in [-0.25, -0.2) is 0 Å². The van der Waals surface area contributed by atoms with Crippen LogP contribution in [0.5, 0.6) is 5.75 Å². The molecule has 0 aliphatic heterocycles. The van der Waals surface area contributed by atoms with Gasteiger partial charge in [0.25, 0.3) is 0 Å². The molecule has 2 aromatic rings. The van der Waals surface area contributed by atoms with E-state index in [2.05, 4.69) is 0 Å². The third kappa shape index (κ3) is 5.07. The fraction of sp³-hybridized carbons (Fsp3) is 0.200. The number of hydrogen-bond donors (Lipinski definition) is 1. The molecule has 0 bridgehead atoms. The molecule has 0 saturated carbocycles. The predicted octanol–water partition coefficient (Wildman–Crippen LogP) is 3.58. The Morgan fingerprint density at radius 1 is 0.882 bits per heavy atom. The summed E-state index contributed by atoms with van der Waals surface area (Å²) >= 11 is 0. The highest BCUT2D eigenvalue weighted by molar-refractivity contribution is 5.38. The summed E-state index contributed by atoms with van der Waals surface area (Å²) in [5, 5.41) is 0. The number of methoxy groups -OCH3 is 1. The summed E-state index contributed by atoms with van der Waals surface area (Å²) in [6.45, 7) is 4.09. The summed E-state index contributed by atoms with van der Waals surface area (Å²) in [5.41, 5.74) is 8.74. The average molecular weight is 229 g/mol. The largest absolute Gasteiger partial charge is 0.497 e. The van der Waals surface area contributed by atoms with Gasteiger partial charge in [0.2, 0.25) is 0 Å². The van der Waals surface area contributed by atoms with Crippen molar-refractivity contribution in [2.45, 2.75) is 13.8 Å². The number of ether oxygens (including phenoxy) is 1. The van der Waals surface area contributed by atoms with E-state index in [0.717, 1.165) is 11.4 Å². The molecule has 0 heterocycles. The number of rotatable bonds is 1. The van der Waals surface area contributed by atoms with E-state index < -0.39 is 0 Å². The van der Waals surface area contributed by atoms with Crippen LogP contribution in [0.15, 0.2) is 48.5 Å². The van der Waals surface area contributed by atoms with Gasteiger partial charge in [-0.05, 0) is 43.7 Å². The van der Waals surface area contributed by atoms with Crippen LogP contribution in [0.1, 0.15) is 11.1 Å². The molecular weight excluding hydrogens is 210 g/mol. The van der Waals surface area contributed by atoms with Crippen LogP contribution in [0.25, 0.3) is 0 Å². The van der Waals surface area contributed by atoms with E-state index >= 15 is 0 Å². The normalized spacial score (nSPS) is 9.12. The molecule has 2 aromatic carbocycles. The van der Waals surface area contributed by atoms with Gasteiger partial charge < -0.3 is 10.5 Å². The Morgan fingerprint density at radius 3 is 1.94 bits per heavy atom. The van der Waals surface area contributed by atoms with Gasteiger partial charge >= 0.3 is 0 Å². The first-order valence-electron chi connectivity index (χ1n) is 5.54. The standard InChI is InChI=1S/C8H10O.C7H9N/c1-7-4-3-5-8(6-7)9-2;1-6-2-4-7(8)5-3-6/h3-6H,1-2H3;2-5H,8H2,1H3. The number of nitrogens with two attached hydrogens (primary N) is 1. The quantitative estimate of drug-likeness (QED) is 0.758. The maximum absolute atomic E-state index is 5.43. The van der Waals surface area contributed by atoms with Gasteiger partial charge in [-0.3, -0.25) is 0 Å². The highest BCUT2D eigenvalue weighted by Crippen LogP contribution is 2.10. The lowest BCUT2D eigenvalue weighted by atomic mass is 10.2. The molecular formula is C15H19NO. The van der Waals surface area contributed by atoms with Crippen molar-refractivity contribution in [3.05, 3.63) is 59.7 Å². The van der Waals surface area contributed by atoms with Crippen molar-refractivity contribution in [1.29, 1.82) is 0 Å². The van der Waals surface area contributed by atoms with Gasteiger partial charge in [0.05, 0.1) is 7.11 Å². The first kappa shape index (κ1) is 13.1. The van der Waals surface area contributed by atoms with Crippen molar-refractivity contribution in [3.63, 3.8) is 0 Å². The summed E-state index contributed by atoms with van der Waals surface area (Å²) in [6, 6.07) is 15.7. The lowest BCUT2D eigenvalue weighted by Gasteiger charge is -1.97. The number of anilines is 1. The Balaban J connectivity index is 0.000000171. The van der Waals surface area contributed by atoms with E-state index in [4.69, 9.17) is 10.5 Å². The van der Waals surface area contributed by atoms with Gasteiger partial charge in [0.15, 0.2) is 0 Å². The van der Waals surface area contributed by atoms with Gasteiger partial charge in [-0.1, -0.05) is 29.8 Å². The van der Waals surface area contributed by atoms with E-state index in [1.165, 1.54) is 11.1 Å². The van der Waals surface area contributed by atoms with E-state index in [1.54, 1.807) is 7.11 Å². The third-order valence-corrected chi connectivity index (χ3v) is 2.30. The topological polar surface area (TPSA) is 35.2 Å². The van der Waals surface area contributed by atoms with Gasteiger partial charge in [0.1, 0.15) is 5.75 Å². The molecule has 0 saturated heterocycles. The van der Waals surface area contributed by atoms with Crippen molar-refractivity contribution in [3.8, 4) is 5.75 Å². The van der Waals surface area contributed by atoms with E-state index in [1.807, 2.05) is 62.4 Å². The Bertz CT molecular complexity index is 428. The first-order chi connectivity index (χ1) is 8.11. The maximum atomic E-state index is 5.43.